The standard InChI is InChI=1S/C26H32F2O2/c1-3-5-17-8-12-22-19(9-13-21(17)22)16-30-20-10-6-18(7-11-20)23-14-15-24(29-4-2)26(28)25(23)27/h6-7,10-11,14-15,17,19,21-22H,3-5,8-9,12-13,16H2,1-2H3. The second kappa shape index (κ2) is 9.36. The fourth-order valence-corrected chi connectivity index (χ4v) is 5.73. The fourth-order valence-electron chi connectivity index (χ4n) is 5.73. The Bertz CT molecular complexity index is 849. The summed E-state index contributed by atoms with van der Waals surface area (Å²) < 4.78 is 39.8. The molecular weight excluding hydrogens is 382 g/mol. The number of hydrogen-bond donors (Lipinski definition) is 0. The van der Waals surface area contributed by atoms with Crippen molar-refractivity contribution in [2.24, 2.45) is 23.7 Å². The van der Waals surface area contributed by atoms with Crippen LogP contribution in [0.4, 0.5) is 8.78 Å². The van der Waals surface area contributed by atoms with E-state index < -0.39 is 11.6 Å². The molecule has 4 unspecified atom stereocenters. The molecular formula is C26H32F2O2. The Balaban J connectivity index is 1.38. The number of ether oxygens (including phenoxy) is 2. The third-order valence-corrected chi connectivity index (χ3v) is 7.14. The van der Waals surface area contributed by atoms with Crippen molar-refractivity contribution in [1.29, 1.82) is 0 Å². The van der Waals surface area contributed by atoms with E-state index in [9.17, 15) is 8.78 Å². The molecule has 0 heterocycles. The number of fused-ring (bicyclic) bond motifs is 1. The lowest BCUT2D eigenvalue weighted by Crippen LogP contribution is -2.18. The van der Waals surface area contributed by atoms with Crippen LogP contribution in [0.3, 0.4) is 0 Å². The molecule has 2 aliphatic rings. The van der Waals surface area contributed by atoms with Crippen LogP contribution in [0.5, 0.6) is 11.5 Å². The molecule has 0 radical (unpaired) electrons. The van der Waals surface area contributed by atoms with Gasteiger partial charge in [-0.2, -0.15) is 4.39 Å². The van der Waals surface area contributed by atoms with Gasteiger partial charge >= 0.3 is 0 Å². The summed E-state index contributed by atoms with van der Waals surface area (Å²) in [5.41, 5.74) is 0.856. The van der Waals surface area contributed by atoms with Crippen LogP contribution in [0.25, 0.3) is 11.1 Å². The van der Waals surface area contributed by atoms with Crippen LogP contribution in [0.15, 0.2) is 36.4 Å². The van der Waals surface area contributed by atoms with Gasteiger partial charge in [-0.15, -0.1) is 0 Å². The maximum absolute atomic E-state index is 14.4. The summed E-state index contributed by atoms with van der Waals surface area (Å²) >= 11 is 0. The first-order valence-electron chi connectivity index (χ1n) is 11.5. The van der Waals surface area contributed by atoms with Gasteiger partial charge in [0.1, 0.15) is 5.75 Å². The first kappa shape index (κ1) is 21.1. The van der Waals surface area contributed by atoms with E-state index in [1.165, 1.54) is 44.6 Å². The summed E-state index contributed by atoms with van der Waals surface area (Å²) in [6.07, 6.45) is 8.03. The first-order chi connectivity index (χ1) is 14.6. The zero-order valence-corrected chi connectivity index (χ0v) is 18.0. The van der Waals surface area contributed by atoms with Crippen molar-refractivity contribution < 1.29 is 18.3 Å². The Morgan fingerprint density at radius 3 is 2.20 bits per heavy atom. The molecule has 2 fully saturated rings. The molecule has 4 rings (SSSR count). The molecule has 0 aromatic heterocycles. The van der Waals surface area contributed by atoms with Gasteiger partial charge in [0.05, 0.1) is 13.2 Å². The third-order valence-electron chi connectivity index (χ3n) is 7.14. The van der Waals surface area contributed by atoms with Gasteiger partial charge in [0.15, 0.2) is 11.6 Å². The van der Waals surface area contributed by atoms with Crippen LogP contribution in [0.2, 0.25) is 0 Å². The smallest absolute Gasteiger partial charge is 0.201 e. The quantitative estimate of drug-likeness (QED) is 0.452. The van der Waals surface area contributed by atoms with Crippen molar-refractivity contribution in [1.82, 2.24) is 0 Å². The molecule has 0 saturated heterocycles. The maximum Gasteiger partial charge on any atom is 0.201 e. The monoisotopic (exact) mass is 414 g/mol. The summed E-state index contributed by atoms with van der Waals surface area (Å²) in [6, 6.07) is 10.3. The molecule has 0 N–H and O–H groups in total. The molecule has 0 bridgehead atoms. The van der Waals surface area contributed by atoms with Gasteiger partial charge < -0.3 is 9.47 Å². The molecule has 0 spiro atoms. The Labute approximate surface area is 178 Å². The molecule has 2 nitrogen and oxygen atoms in total. The highest BCUT2D eigenvalue weighted by Gasteiger charge is 2.44. The SMILES string of the molecule is CCCC1CCC2C(COc3ccc(-c4ccc(OCC)c(F)c4F)cc3)CCC12. The predicted molar refractivity (Wildman–Crippen MR) is 116 cm³/mol. The van der Waals surface area contributed by atoms with Gasteiger partial charge in [-0.25, -0.2) is 4.39 Å². The summed E-state index contributed by atoms with van der Waals surface area (Å²) in [5, 5.41) is 0. The number of benzene rings is 2. The van der Waals surface area contributed by atoms with Gasteiger partial charge in [-0.1, -0.05) is 31.9 Å². The van der Waals surface area contributed by atoms with Crippen LogP contribution < -0.4 is 9.47 Å². The summed E-state index contributed by atoms with van der Waals surface area (Å²) in [4.78, 5) is 0. The Kier molecular flexibility index (Phi) is 6.60. The first-order valence-corrected chi connectivity index (χ1v) is 11.5. The highest BCUT2D eigenvalue weighted by atomic mass is 19.2. The van der Waals surface area contributed by atoms with Crippen LogP contribution in [0, 0.1) is 35.3 Å². The maximum atomic E-state index is 14.4. The number of rotatable bonds is 8. The highest BCUT2D eigenvalue weighted by molar-refractivity contribution is 5.66. The van der Waals surface area contributed by atoms with Gasteiger partial charge in [-0.3, -0.25) is 0 Å². The van der Waals surface area contributed by atoms with E-state index >= 15 is 0 Å². The lowest BCUT2D eigenvalue weighted by atomic mass is 9.87. The minimum absolute atomic E-state index is 0.0540. The molecule has 2 aromatic carbocycles. The normalized spacial score (nSPS) is 25.3. The van der Waals surface area contributed by atoms with Crippen LogP contribution in [0.1, 0.15) is 52.4 Å². The van der Waals surface area contributed by atoms with Crippen molar-refractivity contribution in [3.63, 3.8) is 0 Å². The second-order valence-electron chi connectivity index (χ2n) is 8.80. The van der Waals surface area contributed by atoms with E-state index in [0.29, 0.717) is 18.1 Å². The van der Waals surface area contributed by atoms with Crippen molar-refractivity contribution in [3.8, 4) is 22.6 Å². The van der Waals surface area contributed by atoms with Gasteiger partial charge in [0.2, 0.25) is 5.82 Å². The van der Waals surface area contributed by atoms with E-state index in [4.69, 9.17) is 9.47 Å². The molecule has 0 amide bonds. The van der Waals surface area contributed by atoms with Crippen LogP contribution >= 0.6 is 0 Å². The molecule has 4 atom stereocenters. The van der Waals surface area contributed by atoms with Crippen molar-refractivity contribution in [2.45, 2.75) is 52.4 Å². The summed E-state index contributed by atoms with van der Waals surface area (Å²) in [7, 11) is 0. The molecule has 30 heavy (non-hydrogen) atoms. The number of halogens is 2. The third kappa shape index (κ3) is 4.19. The van der Waals surface area contributed by atoms with E-state index in [-0.39, 0.29) is 11.3 Å². The van der Waals surface area contributed by atoms with Crippen molar-refractivity contribution >= 4 is 0 Å². The molecule has 2 saturated carbocycles. The molecule has 0 aliphatic heterocycles. The molecule has 4 heteroatoms. The van der Waals surface area contributed by atoms with E-state index in [2.05, 4.69) is 6.92 Å². The highest BCUT2D eigenvalue weighted by Crippen LogP contribution is 2.52. The van der Waals surface area contributed by atoms with E-state index in [1.54, 1.807) is 25.1 Å². The molecule has 162 valence electrons. The van der Waals surface area contributed by atoms with Gasteiger partial charge in [0.25, 0.3) is 0 Å². The minimum Gasteiger partial charge on any atom is -0.493 e. The fraction of sp³-hybridized carbons (Fsp3) is 0.538. The zero-order valence-electron chi connectivity index (χ0n) is 18.0. The second-order valence-corrected chi connectivity index (χ2v) is 8.80. The van der Waals surface area contributed by atoms with Gasteiger partial charge in [0, 0.05) is 5.56 Å². The Morgan fingerprint density at radius 1 is 0.800 bits per heavy atom. The van der Waals surface area contributed by atoms with Crippen LogP contribution in [-0.4, -0.2) is 13.2 Å². The van der Waals surface area contributed by atoms with Crippen LogP contribution in [-0.2, 0) is 0 Å². The van der Waals surface area contributed by atoms with Crippen molar-refractivity contribution in [2.75, 3.05) is 13.2 Å². The Hall–Kier alpha value is -2.10. The molecule has 2 aliphatic carbocycles. The van der Waals surface area contributed by atoms with Gasteiger partial charge in [-0.05, 0) is 86.1 Å². The zero-order chi connectivity index (χ0) is 21.1. The summed E-state index contributed by atoms with van der Waals surface area (Å²) in [5.74, 6) is 2.21. The van der Waals surface area contributed by atoms with E-state index in [0.717, 1.165) is 30.1 Å². The summed E-state index contributed by atoms with van der Waals surface area (Å²) in [6.45, 7) is 5.08. The lowest BCUT2D eigenvalue weighted by molar-refractivity contribution is 0.201. The Morgan fingerprint density at radius 2 is 1.50 bits per heavy atom. The number of hydrogen-bond acceptors (Lipinski definition) is 2. The topological polar surface area (TPSA) is 18.5 Å². The average Bonchev–Trinajstić information content (AvgIpc) is 3.34. The largest absolute Gasteiger partial charge is 0.493 e. The van der Waals surface area contributed by atoms with Crippen molar-refractivity contribution in [3.05, 3.63) is 48.0 Å². The average molecular weight is 415 g/mol. The minimum atomic E-state index is -0.941. The molecule has 2 aromatic rings. The van der Waals surface area contributed by atoms with E-state index in [1.807, 2.05) is 12.1 Å². The predicted octanol–water partition coefficient (Wildman–Crippen LogP) is 7.26. The lowest BCUT2D eigenvalue weighted by Gasteiger charge is -2.21.